The number of hydrogen-bond donors (Lipinski definition) is 2. The van der Waals surface area contributed by atoms with E-state index < -0.39 is 0 Å². The largest absolute Gasteiger partial charge is 1.00 e. The average Bonchev–Trinajstić information content (AvgIpc) is 3.51. The van der Waals surface area contributed by atoms with E-state index in [-0.39, 0.29) is 18.8 Å². The second-order valence-electron chi connectivity index (χ2n) is 12.5. The summed E-state index contributed by atoms with van der Waals surface area (Å²) in [4.78, 5) is 23.4. The lowest BCUT2D eigenvalue weighted by Crippen LogP contribution is -3.00. The molecule has 0 bridgehead atoms. The van der Waals surface area contributed by atoms with E-state index in [4.69, 9.17) is 28.8 Å². The first-order valence-corrected chi connectivity index (χ1v) is 17.3. The van der Waals surface area contributed by atoms with Gasteiger partial charge in [-0.3, -0.25) is 15.1 Å². The number of aromatic nitrogens is 4. The van der Waals surface area contributed by atoms with Crippen molar-refractivity contribution in [3.05, 3.63) is 145 Å². The van der Waals surface area contributed by atoms with E-state index in [1.54, 1.807) is 0 Å². The number of anilines is 6. The van der Waals surface area contributed by atoms with Crippen molar-refractivity contribution in [3.63, 3.8) is 0 Å². The molecule has 3 N–H and O–H groups in total. The van der Waals surface area contributed by atoms with Crippen LogP contribution in [-0.2, 0) is 4.74 Å². The molecular formula is C41H45ClF2N8O. The van der Waals surface area contributed by atoms with Crippen LogP contribution in [-0.4, -0.2) is 32.9 Å². The molecule has 3 heterocycles. The lowest BCUT2D eigenvalue weighted by molar-refractivity contribution is -0.482. The van der Waals surface area contributed by atoms with Crippen molar-refractivity contribution < 1.29 is 31.6 Å². The van der Waals surface area contributed by atoms with Crippen molar-refractivity contribution >= 4 is 46.0 Å². The summed E-state index contributed by atoms with van der Waals surface area (Å²) in [6.07, 6.45) is 3.38. The van der Waals surface area contributed by atoms with Gasteiger partial charge in [0, 0.05) is 32.8 Å². The maximum Gasteiger partial charge on any atom is 0.273 e. The van der Waals surface area contributed by atoms with E-state index in [0.29, 0.717) is 18.4 Å². The predicted octanol–water partition coefficient (Wildman–Crippen LogP) is 6.92. The molecule has 1 aliphatic rings. The second kappa shape index (κ2) is 19.9. The minimum Gasteiger partial charge on any atom is -1.00 e. The molecular weight excluding hydrogens is 694 g/mol. The number of rotatable bonds is 10. The molecule has 276 valence electrons. The van der Waals surface area contributed by atoms with Crippen molar-refractivity contribution in [2.75, 3.05) is 21.7 Å². The zero-order valence-electron chi connectivity index (χ0n) is 30.4. The van der Waals surface area contributed by atoms with Gasteiger partial charge < -0.3 is 22.5 Å². The summed E-state index contributed by atoms with van der Waals surface area (Å²) in [5.74, 6) is 3.91. The first-order chi connectivity index (χ1) is 25.4. The number of fused-ring (bicyclic) bond motifs is 1. The summed E-state index contributed by atoms with van der Waals surface area (Å²) in [5, 5.41) is 5.41. The molecule has 0 fully saturated rings. The smallest absolute Gasteiger partial charge is 0.273 e. The van der Waals surface area contributed by atoms with Gasteiger partial charge in [-0.1, -0.05) is 100 Å². The van der Waals surface area contributed by atoms with E-state index in [0.717, 1.165) is 57.4 Å². The molecule has 0 saturated heterocycles. The molecule has 0 aliphatic carbocycles. The van der Waals surface area contributed by atoms with Crippen LogP contribution in [0.4, 0.5) is 55.2 Å². The van der Waals surface area contributed by atoms with E-state index in [1.807, 2.05) is 104 Å². The maximum absolute atomic E-state index is 8.00. The van der Waals surface area contributed by atoms with E-state index >= 15 is 0 Å². The normalized spacial score (nSPS) is 13.0. The molecule has 7 rings (SSSR count). The first-order valence-electron chi connectivity index (χ1n) is 17.3. The van der Waals surface area contributed by atoms with Gasteiger partial charge in [-0.25, -0.2) is 15.0 Å². The molecule has 2 aromatic heterocycles. The second-order valence-corrected chi connectivity index (χ2v) is 12.5. The number of hydrogen-bond acceptors (Lipinski definition) is 8. The molecule has 9 nitrogen and oxygen atoms in total. The quantitative estimate of drug-likeness (QED) is 0.146. The summed E-state index contributed by atoms with van der Waals surface area (Å²) in [5.41, 5.74) is 6.14. The van der Waals surface area contributed by atoms with Crippen LogP contribution in [0, 0.1) is 0 Å². The van der Waals surface area contributed by atoms with Crippen LogP contribution >= 0.6 is 0 Å². The Morgan fingerprint density at radius 2 is 1.13 bits per heavy atom. The fraction of sp³-hybridized carbons (Fsp3) is 0.220. The van der Waals surface area contributed by atoms with Crippen molar-refractivity contribution in [1.29, 1.82) is 0 Å². The molecule has 0 saturated carbocycles. The Kier molecular flexibility index (Phi) is 15.2. The summed E-state index contributed by atoms with van der Waals surface area (Å²) in [7, 11) is 0. The highest BCUT2D eigenvalue weighted by molar-refractivity contribution is 5.82. The standard InChI is InChI=1S/C22H24N4O.C19H20N4.ClH.F2/c1-4-27-22-25(17-11-7-5-8-12-17)20-21(24-19(15-23-20)16(2)3)26(22)18-13-9-6-10-14-18;1-14(2)17-13-20-18(21-15-9-5-3-6-10-15)19(23-17)22-16-11-7-4-8-12-16;;1-2/h5-16,22H,4H2,1-3H3;3-14H,1-2H3,(H,20,21)(H,22,23);1H;. The molecule has 4 aromatic carbocycles. The van der Waals surface area contributed by atoms with Gasteiger partial charge in [-0.15, -0.1) is 0 Å². The number of quaternary nitrogens is 1. The SMILES string of the molecule is CC(C)c1cnc(Nc2ccccc2)c([NH2+]c2ccccc2)n1.CCOC1N(c2ccccc2)c2ncc(C(C)C)nc2N1c1ccccc1.FF.[Cl-]. The van der Waals surface area contributed by atoms with Gasteiger partial charge >= 0.3 is 0 Å². The Balaban J connectivity index is 0.000000225. The highest BCUT2D eigenvalue weighted by Crippen LogP contribution is 2.46. The van der Waals surface area contributed by atoms with Crippen molar-refractivity contribution in [3.8, 4) is 0 Å². The van der Waals surface area contributed by atoms with Crippen LogP contribution in [0.1, 0.15) is 57.8 Å². The van der Waals surface area contributed by atoms with Gasteiger partial charge in [0.15, 0.2) is 11.6 Å². The minimum absolute atomic E-state index is 0. The van der Waals surface area contributed by atoms with Gasteiger partial charge in [0.25, 0.3) is 5.82 Å². The third kappa shape index (κ3) is 10.1. The van der Waals surface area contributed by atoms with Gasteiger partial charge in [-0.2, -0.15) is 4.98 Å². The number of nitrogens with two attached hydrogens (primary N) is 1. The van der Waals surface area contributed by atoms with Crippen LogP contribution < -0.4 is 32.8 Å². The van der Waals surface area contributed by atoms with Crippen LogP contribution in [0.25, 0.3) is 0 Å². The number of ether oxygens (including phenoxy) is 1. The van der Waals surface area contributed by atoms with Crippen molar-refractivity contribution in [1.82, 2.24) is 19.9 Å². The Bertz CT molecular complexity index is 1960. The molecule has 1 aliphatic heterocycles. The molecule has 1 unspecified atom stereocenters. The molecule has 53 heavy (non-hydrogen) atoms. The van der Waals surface area contributed by atoms with E-state index in [1.165, 1.54) is 0 Å². The van der Waals surface area contributed by atoms with Crippen LogP contribution in [0.2, 0.25) is 0 Å². The summed E-state index contributed by atoms with van der Waals surface area (Å²) in [6.45, 7) is 11.1. The molecule has 12 heteroatoms. The third-order valence-corrected chi connectivity index (χ3v) is 8.18. The fourth-order valence-electron chi connectivity index (χ4n) is 5.55. The van der Waals surface area contributed by atoms with Crippen LogP contribution in [0.5, 0.6) is 0 Å². The van der Waals surface area contributed by atoms with E-state index in [9.17, 15) is 0 Å². The molecule has 0 spiro atoms. The van der Waals surface area contributed by atoms with Gasteiger partial charge in [-0.05, 0) is 67.3 Å². The lowest BCUT2D eigenvalue weighted by Gasteiger charge is -2.31. The van der Waals surface area contributed by atoms with Gasteiger partial charge in [0.2, 0.25) is 12.2 Å². The number of nitrogens with one attached hydrogen (secondary N) is 1. The Hall–Kier alpha value is -5.49. The Morgan fingerprint density at radius 1 is 0.660 bits per heavy atom. The third-order valence-electron chi connectivity index (χ3n) is 8.18. The minimum atomic E-state index is -0.336. The van der Waals surface area contributed by atoms with Crippen LogP contribution in [0.15, 0.2) is 134 Å². The molecule has 1 atom stereocenters. The maximum atomic E-state index is 8.00. The highest BCUT2D eigenvalue weighted by Gasteiger charge is 2.41. The number of para-hydroxylation sites is 4. The summed E-state index contributed by atoms with van der Waals surface area (Å²) < 4.78 is 22.2. The average molecular weight is 739 g/mol. The summed E-state index contributed by atoms with van der Waals surface area (Å²) in [6, 6.07) is 40.7. The Morgan fingerprint density at radius 3 is 1.66 bits per heavy atom. The highest BCUT2D eigenvalue weighted by atomic mass is 35.5. The fourth-order valence-corrected chi connectivity index (χ4v) is 5.55. The van der Waals surface area contributed by atoms with E-state index in [2.05, 4.69) is 89.5 Å². The van der Waals surface area contributed by atoms with Crippen molar-refractivity contribution in [2.45, 2.75) is 52.8 Å². The lowest BCUT2D eigenvalue weighted by atomic mass is 10.1. The Labute approximate surface area is 316 Å². The topological polar surface area (TPSA) is 95.9 Å². The van der Waals surface area contributed by atoms with Gasteiger partial charge in [0.1, 0.15) is 5.69 Å². The van der Waals surface area contributed by atoms with Crippen LogP contribution in [0.3, 0.4) is 0 Å². The van der Waals surface area contributed by atoms with Crippen molar-refractivity contribution in [2.24, 2.45) is 0 Å². The molecule has 0 amide bonds. The zero-order valence-corrected chi connectivity index (χ0v) is 31.2. The molecule has 6 aromatic rings. The number of nitrogens with zero attached hydrogens (tertiary/aromatic N) is 6. The monoisotopic (exact) mass is 738 g/mol. The predicted molar refractivity (Wildman–Crippen MR) is 204 cm³/mol. The summed E-state index contributed by atoms with van der Waals surface area (Å²) >= 11 is 0. The molecule has 0 radical (unpaired) electrons. The van der Waals surface area contributed by atoms with Gasteiger partial charge in [0.05, 0.1) is 23.8 Å². The number of halogens is 3. The first kappa shape index (κ1) is 40.3. The number of benzene rings is 4. The zero-order chi connectivity index (χ0) is 36.9.